The van der Waals surface area contributed by atoms with Crippen LogP contribution in [-0.4, -0.2) is 66.9 Å². The number of carbonyl (C=O) groups is 3. The van der Waals surface area contributed by atoms with Crippen LogP contribution in [0.15, 0.2) is 42.0 Å². The molecule has 0 bridgehead atoms. The Kier molecular flexibility index (Phi) is 9.83. The molecule has 0 saturated carbocycles. The van der Waals surface area contributed by atoms with Crippen LogP contribution in [0, 0.1) is 0 Å². The molecular formula is C21H25N3O9. The Hall–Kier alpha value is -3.44. The molecule has 5 atom stereocenters. The summed E-state index contributed by atoms with van der Waals surface area (Å²) >= 11 is 0. The fraction of sp³-hybridized carbons (Fsp3) is 0.476. The van der Waals surface area contributed by atoms with Crippen molar-refractivity contribution in [2.75, 3.05) is 13.2 Å². The minimum absolute atomic E-state index is 0.00457. The highest BCUT2D eigenvalue weighted by atomic mass is 16.7. The number of rotatable bonds is 10. The van der Waals surface area contributed by atoms with E-state index in [1.54, 1.807) is 18.2 Å². The van der Waals surface area contributed by atoms with Gasteiger partial charge in [-0.3, -0.25) is 9.59 Å². The first-order chi connectivity index (χ1) is 15.8. The van der Waals surface area contributed by atoms with Gasteiger partial charge in [0, 0.05) is 18.8 Å². The molecule has 1 aliphatic heterocycles. The summed E-state index contributed by atoms with van der Waals surface area (Å²) in [6.45, 7) is 5.07. The maximum Gasteiger partial charge on any atom is 0.338 e. The Morgan fingerprint density at radius 3 is 2.42 bits per heavy atom. The molecule has 33 heavy (non-hydrogen) atoms. The van der Waals surface area contributed by atoms with Gasteiger partial charge in [-0.25, -0.2) is 4.79 Å². The van der Waals surface area contributed by atoms with Crippen molar-refractivity contribution in [1.29, 1.82) is 0 Å². The van der Waals surface area contributed by atoms with Crippen LogP contribution in [0.4, 0.5) is 0 Å². The van der Waals surface area contributed by atoms with E-state index in [0.717, 1.165) is 13.8 Å². The van der Waals surface area contributed by atoms with Gasteiger partial charge in [0.05, 0.1) is 25.3 Å². The number of esters is 3. The maximum absolute atomic E-state index is 13.0. The van der Waals surface area contributed by atoms with E-state index in [4.69, 9.17) is 29.2 Å². The molecule has 0 radical (unpaired) electrons. The third-order valence-corrected chi connectivity index (χ3v) is 4.54. The number of ether oxygens (including phenoxy) is 5. The van der Waals surface area contributed by atoms with E-state index in [9.17, 15) is 19.5 Å². The zero-order valence-corrected chi connectivity index (χ0v) is 18.2. The van der Waals surface area contributed by atoms with E-state index in [0.29, 0.717) is 5.56 Å². The first kappa shape index (κ1) is 25.8. The largest absolute Gasteiger partial charge is 0.454 e. The van der Waals surface area contributed by atoms with Crippen LogP contribution in [0.25, 0.3) is 10.4 Å². The molecule has 0 spiro atoms. The fourth-order valence-electron chi connectivity index (χ4n) is 3.26. The lowest BCUT2D eigenvalue weighted by atomic mass is 9.98. The number of benzene rings is 1. The number of aliphatic hydroxyl groups is 1. The van der Waals surface area contributed by atoms with Gasteiger partial charge in [0.1, 0.15) is 6.10 Å². The van der Waals surface area contributed by atoms with Crippen molar-refractivity contribution >= 4 is 17.9 Å². The third kappa shape index (κ3) is 7.02. The van der Waals surface area contributed by atoms with E-state index in [1.807, 2.05) is 0 Å². The molecule has 1 N–H and O–H groups in total. The highest BCUT2D eigenvalue weighted by Gasteiger charge is 2.52. The molecule has 0 unspecified atom stereocenters. The molecule has 1 aromatic carbocycles. The van der Waals surface area contributed by atoms with E-state index in [1.165, 1.54) is 12.1 Å². The smallest absolute Gasteiger partial charge is 0.338 e. The lowest BCUT2D eigenvalue weighted by molar-refractivity contribution is -0.302. The SMILES string of the molecule is C=CCO[C@H]1O[C@H](CO)[C@@H](OC(=O)c2ccccc2CN=[N+]=[N-])[C@H](OC(C)=O)[C@H]1OC(C)=O. The average Bonchev–Trinajstić information content (AvgIpc) is 2.78. The Morgan fingerprint density at radius 1 is 1.15 bits per heavy atom. The summed E-state index contributed by atoms with van der Waals surface area (Å²) in [4.78, 5) is 39.2. The molecule has 12 heteroatoms. The molecule has 2 rings (SSSR count). The van der Waals surface area contributed by atoms with Crippen molar-refractivity contribution in [3.63, 3.8) is 0 Å². The van der Waals surface area contributed by atoms with E-state index in [-0.39, 0.29) is 18.7 Å². The number of hydrogen-bond acceptors (Lipinski definition) is 10. The molecule has 12 nitrogen and oxygen atoms in total. The van der Waals surface area contributed by atoms with E-state index < -0.39 is 55.2 Å². The van der Waals surface area contributed by atoms with Crippen LogP contribution in [0.3, 0.4) is 0 Å². The lowest BCUT2D eigenvalue weighted by Gasteiger charge is -2.43. The second kappa shape index (κ2) is 12.6. The van der Waals surface area contributed by atoms with Crippen molar-refractivity contribution in [2.45, 2.75) is 51.1 Å². The topological polar surface area (TPSA) is 166 Å². The van der Waals surface area contributed by atoms with Crippen LogP contribution in [-0.2, 0) is 39.8 Å². The van der Waals surface area contributed by atoms with Gasteiger partial charge in [-0.05, 0) is 17.2 Å². The Bertz CT molecular complexity index is 916. The van der Waals surface area contributed by atoms with Crippen LogP contribution < -0.4 is 0 Å². The molecule has 178 valence electrons. The summed E-state index contributed by atoms with van der Waals surface area (Å²) in [5.74, 6) is -2.32. The van der Waals surface area contributed by atoms with Crippen LogP contribution in [0.2, 0.25) is 0 Å². The first-order valence-electron chi connectivity index (χ1n) is 9.95. The summed E-state index contributed by atoms with van der Waals surface area (Å²) in [5.41, 5.74) is 9.07. The predicted molar refractivity (Wildman–Crippen MR) is 111 cm³/mol. The second-order valence-electron chi connectivity index (χ2n) is 6.91. The first-order valence-corrected chi connectivity index (χ1v) is 9.95. The predicted octanol–water partition coefficient (Wildman–Crippen LogP) is 1.81. The molecule has 1 aromatic rings. The standard InChI is InChI=1S/C21H25N3O9/c1-4-9-29-21-19(31-13(3)27)18(30-12(2)26)17(16(11-25)32-21)33-20(28)15-8-6-5-7-14(15)10-23-24-22/h4-8,16-19,21,25H,1,9-11H2,2-3H3/t16-,17-,18+,19-,21+/m1/s1. The molecule has 1 aliphatic rings. The minimum Gasteiger partial charge on any atom is -0.454 e. The minimum atomic E-state index is -1.35. The lowest BCUT2D eigenvalue weighted by Crippen LogP contribution is -2.62. The van der Waals surface area contributed by atoms with Gasteiger partial charge in [-0.1, -0.05) is 29.4 Å². The van der Waals surface area contributed by atoms with Crippen molar-refractivity contribution in [1.82, 2.24) is 0 Å². The van der Waals surface area contributed by atoms with Gasteiger partial charge >= 0.3 is 17.9 Å². The van der Waals surface area contributed by atoms with Crippen LogP contribution in [0.5, 0.6) is 0 Å². The number of hydrogen-bond donors (Lipinski definition) is 1. The van der Waals surface area contributed by atoms with Gasteiger partial charge in [-0.2, -0.15) is 0 Å². The average molecular weight is 463 g/mol. The summed E-state index contributed by atoms with van der Waals surface area (Å²) in [7, 11) is 0. The summed E-state index contributed by atoms with van der Waals surface area (Å²) in [6.07, 6.45) is -4.99. The zero-order chi connectivity index (χ0) is 24.4. The van der Waals surface area contributed by atoms with Crippen molar-refractivity contribution in [2.24, 2.45) is 5.11 Å². The Labute approximate surface area is 189 Å². The Morgan fingerprint density at radius 2 is 1.82 bits per heavy atom. The maximum atomic E-state index is 13.0. The fourth-order valence-corrected chi connectivity index (χ4v) is 3.26. The van der Waals surface area contributed by atoms with Gasteiger partial charge < -0.3 is 28.8 Å². The molecule has 1 heterocycles. The molecule has 1 fully saturated rings. The number of aliphatic hydroxyl groups excluding tert-OH is 1. The monoisotopic (exact) mass is 463 g/mol. The molecule has 0 amide bonds. The summed E-state index contributed by atoms with van der Waals surface area (Å²) < 4.78 is 27.3. The van der Waals surface area contributed by atoms with E-state index >= 15 is 0 Å². The van der Waals surface area contributed by atoms with Gasteiger partial charge in [0.25, 0.3) is 0 Å². The quantitative estimate of drug-likeness (QED) is 0.136. The van der Waals surface area contributed by atoms with Gasteiger partial charge in [0.2, 0.25) is 0 Å². The zero-order valence-electron chi connectivity index (χ0n) is 18.2. The van der Waals surface area contributed by atoms with Crippen molar-refractivity contribution in [3.8, 4) is 0 Å². The van der Waals surface area contributed by atoms with Crippen molar-refractivity contribution < 1.29 is 43.2 Å². The molecule has 0 aliphatic carbocycles. The second-order valence-corrected chi connectivity index (χ2v) is 6.91. The number of carbonyl (C=O) groups excluding carboxylic acids is 3. The van der Waals surface area contributed by atoms with Crippen molar-refractivity contribution in [3.05, 3.63) is 58.5 Å². The molecular weight excluding hydrogens is 438 g/mol. The third-order valence-electron chi connectivity index (χ3n) is 4.54. The van der Waals surface area contributed by atoms with E-state index in [2.05, 4.69) is 16.6 Å². The Balaban J connectivity index is 2.41. The van der Waals surface area contributed by atoms with Crippen LogP contribution >= 0.6 is 0 Å². The number of nitrogens with zero attached hydrogens (tertiary/aromatic N) is 3. The van der Waals surface area contributed by atoms with Gasteiger partial charge in [-0.15, -0.1) is 6.58 Å². The summed E-state index contributed by atoms with van der Waals surface area (Å²) in [5, 5.41) is 13.3. The van der Waals surface area contributed by atoms with Gasteiger partial charge in [0.15, 0.2) is 24.6 Å². The highest BCUT2D eigenvalue weighted by molar-refractivity contribution is 5.91. The molecule has 0 aromatic heterocycles. The normalized spacial score (nSPS) is 24.2. The van der Waals surface area contributed by atoms with Crippen LogP contribution in [0.1, 0.15) is 29.8 Å². The summed E-state index contributed by atoms with van der Waals surface area (Å²) in [6, 6.07) is 6.28. The highest BCUT2D eigenvalue weighted by Crippen LogP contribution is 2.30. The molecule has 1 saturated heterocycles. The number of azide groups is 1.